The molecule has 2 aromatic rings. The number of amides is 1. The van der Waals surface area contributed by atoms with Gasteiger partial charge in [-0.1, -0.05) is 26.7 Å². The lowest BCUT2D eigenvalue weighted by atomic mass is 10.1. The molecule has 0 saturated heterocycles. The van der Waals surface area contributed by atoms with E-state index in [0.717, 1.165) is 42.7 Å². The Balaban J connectivity index is 2.56. The summed E-state index contributed by atoms with van der Waals surface area (Å²) >= 11 is 0. The first-order valence-electron chi connectivity index (χ1n) is 8.44. The van der Waals surface area contributed by atoms with Crippen molar-refractivity contribution in [1.82, 2.24) is 15.0 Å². The molecular weight excluding hydrogens is 290 g/mol. The zero-order chi connectivity index (χ0) is 17.0. The maximum atomic E-state index is 12.0. The molecule has 126 valence electrons. The molecule has 2 N–H and O–H groups in total. The quantitative estimate of drug-likeness (QED) is 0.463. The number of hydroxylamine groups is 1. The van der Waals surface area contributed by atoms with Crippen LogP contribution in [-0.2, 0) is 11.3 Å². The van der Waals surface area contributed by atoms with E-state index in [1.54, 1.807) is 5.48 Å². The van der Waals surface area contributed by atoms with Crippen molar-refractivity contribution >= 4 is 16.9 Å². The number of hydrogen-bond donors (Lipinski definition) is 2. The molecule has 1 heterocycles. The molecule has 5 heteroatoms. The van der Waals surface area contributed by atoms with Gasteiger partial charge in [0.2, 0.25) is 0 Å². The van der Waals surface area contributed by atoms with Gasteiger partial charge in [0.25, 0.3) is 5.91 Å². The van der Waals surface area contributed by atoms with Crippen molar-refractivity contribution in [3.05, 3.63) is 29.1 Å². The zero-order valence-electron chi connectivity index (χ0n) is 14.5. The summed E-state index contributed by atoms with van der Waals surface area (Å²) in [6.45, 7) is 9.12. The van der Waals surface area contributed by atoms with Crippen molar-refractivity contribution < 1.29 is 10.0 Å². The fraction of sp³-hybridized carbons (Fsp3) is 0.556. The van der Waals surface area contributed by atoms with Crippen LogP contribution in [0.15, 0.2) is 12.1 Å². The van der Waals surface area contributed by atoms with Crippen LogP contribution in [0.5, 0.6) is 0 Å². The van der Waals surface area contributed by atoms with Gasteiger partial charge in [-0.2, -0.15) is 0 Å². The fourth-order valence-corrected chi connectivity index (χ4v) is 2.98. The highest BCUT2D eigenvalue weighted by Gasteiger charge is 2.25. The van der Waals surface area contributed by atoms with Gasteiger partial charge in [-0.05, 0) is 49.9 Å². The maximum Gasteiger partial charge on any atom is 0.254 e. The van der Waals surface area contributed by atoms with E-state index in [-0.39, 0.29) is 0 Å². The number of carbonyl (C=O) groups excluding carboxylic acids is 1. The van der Waals surface area contributed by atoms with Crippen LogP contribution in [0.3, 0.4) is 0 Å². The van der Waals surface area contributed by atoms with Crippen LogP contribution in [0.1, 0.15) is 62.4 Å². The lowest BCUT2D eigenvalue weighted by Crippen LogP contribution is -2.28. The Hall–Kier alpha value is -1.88. The number of fused-ring (bicyclic) bond motifs is 1. The third kappa shape index (κ3) is 3.55. The molecule has 0 aliphatic heterocycles. The molecule has 0 saturated carbocycles. The van der Waals surface area contributed by atoms with Gasteiger partial charge in [0.05, 0.1) is 17.0 Å². The second-order valence-electron chi connectivity index (χ2n) is 6.19. The Bertz CT molecular complexity index is 691. The van der Waals surface area contributed by atoms with Gasteiger partial charge in [0.15, 0.2) is 0 Å². The monoisotopic (exact) mass is 317 g/mol. The van der Waals surface area contributed by atoms with Gasteiger partial charge in [-0.3, -0.25) is 10.0 Å². The first kappa shape index (κ1) is 17.5. The molecule has 0 spiro atoms. The summed E-state index contributed by atoms with van der Waals surface area (Å²) in [6.07, 6.45) is 3.95. The molecule has 1 aromatic heterocycles. The Morgan fingerprint density at radius 1 is 1.26 bits per heavy atom. The largest absolute Gasteiger partial charge is 0.327 e. The van der Waals surface area contributed by atoms with Crippen LogP contribution >= 0.6 is 0 Å². The fourth-order valence-electron chi connectivity index (χ4n) is 2.98. The minimum Gasteiger partial charge on any atom is -0.327 e. The Morgan fingerprint density at radius 3 is 2.57 bits per heavy atom. The van der Waals surface area contributed by atoms with Gasteiger partial charge >= 0.3 is 0 Å². The van der Waals surface area contributed by atoms with Crippen LogP contribution in [0.2, 0.25) is 0 Å². The standard InChI is InChI=1S/C18H27N3O2/c1-5-7-8-9-21-16-11-13(4)12(3)10-15(16)19-17(21)14(6-2)18(22)20-23/h10-11,14,23H,5-9H2,1-4H3,(H,20,22). The topological polar surface area (TPSA) is 67.2 Å². The molecule has 0 fully saturated rings. The van der Waals surface area contributed by atoms with Crippen molar-refractivity contribution in [3.8, 4) is 0 Å². The molecule has 0 bridgehead atoms. The van der Waals surface area contributed by atoms with E-state index in [1.807, 2.05) is 6.92 Å². The molecule has 0 aliphatic carbocycles. The van der Waals surface area contributed by atoms with Crippen LogP contribution in [-0.4, -0.2) is 20.7 Å². The molecule has 5 nitrogen and oxygen atoms in total. The molecule has 0 radical (unpaired) electrons. The van der Waals surface area contributed by atoms with Crippen LogP contribution in [0.4, 0.5) is 0 Å². The number of rotatable bonds is 7. The van der Waals surface area contributed by atoms with E-state index in [1.165, 1.54) is 11.1 Å². The van der Waals surface area contributed by atoms with Gasteiger partial charge in [0, 0.05) is 6.54 Å². The maximum absolute atomic E-state index is 12.0. The predicted molar refractivity (Wildman–Crippen MR) is 91.7 cm³/mol. The summed E-state index contributed by atoms with van der Waals surface area (Å²) in [5.74, 6) is -0.0854. The highest BCUT2D eigenvalue weighted by molar-refractivity contribution is 5.84. The predicted octanol–water partition coefficient (Wildman–Crippen LogP) is 3.84. The second kappa shape index (κ2) is 7.59. The van der Waals surface area contributed by atoms with Crippen LogP contribution in [0.25, 0.3) is 11.0 Å². The molecule has 2 rings (SSSR count). The number of hydrogen-bond acceptors (Lipinski definition) is 3. The van der Waals surface area contributed by atoms with Crippen LogP contribution < -0.4 is 5.48 Å². The minimum atomic E-state index is -0.436. The van der Waals surface area contributed by atoms with Gasteiger partial charge in [-0.15, -0.1) is 0 Å². The highest BCUT2D eigenvalue weighted by atomic mass is 16.5. The second-order valence-corrected chi connectivity index (χ2v) is 6.19. The molecule has 1 aromatic carbocycles. The first-order valence-corrected chi connectivity index (χ1v) is 8.44. The SMILES string of the molecule is CCCCCn1c(C(CC)C(=O)NO)nc2cc(C)c(C)cc21. The Morgan fingerprint density at radius 2 is 1.96 bits per heavy atom. The summed E-state index contributed by atoms with van der Waals surface area (Å²) in [5, 5.41) is 9.03. The van der Waals surface area contributed by atoms with Gasteiger partial charge in [0.1, 0.15) is 5.82 Å². The van der Waals surface area contributed by atoms with Crippen molar-refractivity contribution in [2.45, 2.75) is 65.8 Å². The number of carbonyl (C=O) groups is 1. The Kier molecular flexibility index (Phi) is 5.77. The van der Waals surface area contributed by atoms with E-state index >= 15 is 0 Å². The van der Waals surface area contributed by atoms with Crippen LogP contribution in [0, 0.1) is 13.8 Å². The summed E-state index contributed by atoms with van der Waals surface area (Å²) in [6, 6.07) is 4.23. The molecule has 23 heavy (non-hydrogen) atoms. The van der Waals surface area contributed by atoms with Crippen molar-refractivity contribution in [3.63, 3.8) is 0 Å². The molecule has 0 aliphatic rings. The summed E-state index contributed by atoms with van der Waals surface area (Å²) in [4.78, 5) is 16.7. The summed E-state index contributed by atoms with van der Waals surface area (Å²) in [7, 11) is 0. The van der Waals surface area contributed by atoms with Crippen molar-refractivity contribution in [2.24, 2.45) is 0 Å². The lowest BCUT2D eigenvalue weighted by Gasteiger charge is -2.15. The highest BCUT2D eigenvalue weighted by Crippen LogP contribution is 2.27. The molecular formula is C18H27N3O2. The number of nitrogens with one attached hydrogen (secondary N) is 1. The number of aryl methyl sites for hydroxylation is 3. The number of imidazole rings is 1. The minimum absolute atomic E-state index is 0.395. The van der Waals surface area contributed by atoms with E-state index < -0.39 is 11.8 Å². The zero-order valence-corrected chi connectivity index (χ0v) is 14.5. The summed E-state index contributed by atoms with van der Waals surface area (Å²) in [5.41, 5.74) is 6.20. The van der Waals surface area contributed by atoms with E-state index in [2.05, 4.69) is 37.5 Å². The third-order valence-corrected chi connectivity index (χ3v) is 4.53. The Labute approximate surface area is 137 Å². The van der Waals surface area contributed by atoms with Gasteiger partial charge < -0.3 is 4.57 Å². The molecule has 1 unspecified atom stereocenters. The third-order valence-electron chi connectivity index (χ3n) is 4.53. The van der Waals surface area contributed by atoms with Gasteiger partial charge in [-0.25, -0.2) is 10.5 Å². The first-order chi connectivity index (χ1) is 11.0. The number of nitrogens with zero attached hydrogens (tertiary/aromatic N) is 2. The average molecular weight is 317 g/mol. The average Bonchev–Trinajstić information content (AvgIpc) is 2.86. The number of benzene rings is 1. The normalized spacial score (nSPS) is 12.6. The summed E-state index contributed by atoms with van der Waals surface area (Å²) < 4.78 is 2.15. The molecule has 1 amide bonds. The van der Waals surface area contributed by atoms with Crippen molar-refractivity contribution in [2.75, 3.05) is 0 Å². The van der Waals surface area contributed by atoms with E-state index in [0.29, 0.717) is 6.42 Å². The van der Waals surface area contributed by atoms with E-state index in [9.17, 15) is 4.79 Å². The lowest BCUT2D eigenvalue weighted by molar-refractivity contribution is -0.131. The molecule has 1 atom stereocenters. The van der Waals surface area contributed by atoms with E-state index in [4.69, 9.17) is 10.2 Å². The number of unbranched alkanes of at least 4 members (excludes halogenated alkanes) is 2. The smallest absolute Gasteiger partial charge is 0.254 e. The van der Waals surface area contributed by atoms with Crippen molar-refractivity contribution in [1.29, 1.82) is 0 Å². The number of aromatic nitrogens is 2.